The zero-order valence-electron chi connectivity index (χ0n) is 15.7. The Labute approximate surface area is 167 Å². The number of pyridine rings is 1. The number of benzene rings is 1. The molecular formula is C21H21N4O4. The predicted molar refractivity (Wildman–Crippen MR) is 105 cm³/mol. The molecule has 1 aliphatic heterocycles. The van der Waals surface area contributed by atoms with Crippen molar-refractivity contribution in [2.75, 3.05) is 6.54 Å². The molecule has 2 unspecified atom stereocenters. The van der Waals surface area contributed by atoms with Crippen molar-refractivity contribution in [3.63, 3.8) is 0 Å². The lowest BCUT2D eigenvalue weighted by Crippen LogP contribution is -2.44. The van der Waals surface area contributed by atoms with Gasteiger partial charge in [0.05, 0.1) is 6.04 Å². The zero-order valence-corrected chi connectivity index (χ0v) is 15.7. The highest BCUT2D eigenvalue weighted by Gasteiger charge is 2.44. The Morgan fingerprint density at radius 3 is 2.38 bits per heavy atom. The van der Waals surface area contributed by atoms with Crippen LogP contribution < -0.4 is 16.6 Å². The second-order valence-corrected chi connectivity index (χ2v) is 7.34. The molecular weight excluding hydrogens is 372 g/mol. The number of nitrogens with one attached hydrogen (secondary N) is 1. The molecule has 3 N–H and O–H groups in total. The van der Waals surface area contributed by atoms with E-state index in [1.807, 2.05) is 0 Å². The molecule has 0 bridgehead atoms. The molecule has 2 aliphatic rings. The number of hydrogen-bond acceptors (Lipinski definition) is 4. The third kappa shape index (κ3) is 3.91. The molecule has 149 valence electrons. The molecule has 1 aliphatic carbocycles. The van der Waals surface area contributed by atoms with Gasteiger partial charge >= 0.3 is 0 Å². The average Bonchev–Trinajstić information content (AvgIpc) is 3.48. The summed E-state index contributed by atoms with van der Waals surface area (Å²) in [6, 6.07) is 10.2. The van der Waals surface area contributed by atoms with Crippen molar-refractivity contribution in [1.82, 2.24) is 14.8 Å². The van der Waals surface area contributed by atoms with Gasteiger partial charge in [-0.05, 0) is 43.2 Å². The van der Waals surface area contributed by atoms with Gasteiger partial charge in [0.1, 0.15) is 6.04 Å². The van der Waals surface area contributed by atoms with Crippen LogP contribution in [0.2, 0.25) is 0 Å². The van der Waals surface area contributed by atoms with Crippen LogP contribution in [0, 0.1) is 12.3 Å². The summed E-state index contributed by atoms with van der Waals surface area (Å²) < 4.78 is 1.48. The Kier molecular flexibility index (Phi) is 4.92. The van der Waals surface area contributed by atoms with E-state index in [1.54, 1.807) is 49.0 Å². The lowest BCUT2D eigenvalue weighted by molar-refractivity contribution is -0.137. The van der Waals surface area contributed by atoms with E-state index in [4.69, 9.17) is 5.73 Å². The number of rotatable bonds is 5. The Bertz CT molecular complexity index is 1010. The van der Waals surface area contributed by atoms with Crippen LogP contribution in [0.15, 0.2) is 53.5 Å². The van der Waals surface area contributed by atoms with Crippen molar-refractivity contribution in [2.45, 2.75) is 24.9 Å². The molecule has 8 nitrogen and oxygen atoms in total. The van der Waals surface area contributed by atoms with E-state index in [0.29, 0.717) is 11.3 Å². The van der Waals surface area contributed by atoms with Gasteiger partial charge in [-0.15, -0.1) is 0 Å². The van der Waals surface area contributed by atoms with E-state index in [0.717, 1.165) is 12.8 Å². The van der Waals surface area contributed by atoms with Crippen LogP contribution in [0.5, 0.6) is 0 Å². The number of aromatic nitrogens is 1. The molecule has 29 heavy (non-hydrogen) atoms. The number of carbonyl (C=O) groups is 3. The number of likely N-dealkylation sites (tertiary alicyclic amines) is 1. The Balaban J connectivity index is 1.44. The second-order valence-electron chi connectivity index (χ2n) is 7.34. The van der Waals surface area contributed by atoms with Crippen LogP contribution in [0.1, 0.15) is 23.2 Å². The molecule has 4 rings (SSSR count). The van der Waals surface area contributed by atoms with Crippen LogP contribution in [0.25, 0.3) is 5.69 Å². The maximum Gasteiger partial charge on any atom is 0.255 e. The van der Waals surface area contributed by atoms with Gasteiger partial charge in [-0.3, -0.25) is 23.7 Å². The minimum absolute atomic E-state index is 0.0337. The lowest BCUT2D eigenvalue weighted by Gasteiger charge is -2.21. The highest BCUT2D eigenvalue weighted by molar-refractivity contribution is 5.95. The summed E-state index contributed by atoms with van der Waals surface area (Å²) in [6.07, 6.45) is 4.92. The molecule has 2 fully saturated rings. The highest BCUT2D eigenvalue weighted by atomic mass is 16.2. The fraction of sp³-hybridized carbons (Fsp3) is 0.286. The fourth-order valence-corrected chi connectivity index (χ4v) is 3.51. The van der Waals surface area contributed by atoms with Gasteiger partial charge in [0, 0.05) is 42.4 Å². The molecule has 1 radical (unpaired) electrons. The van der Waals surface area contributed by atoms with E-state index in [2.05, 4.69) is 5.32 Å². The van der Waals surface area contributed by atoms with Crippen molar-refractivity contribution in [3.05, 3.63) is 71.0 Å². The van der Waals surface area contributed by atoms with Gasteiger partial charge in [-0.2, -0.15) is 0 Å². The van der Waals surface area contributed by atoms with Crippen LogP contribution in [-0.2, 0) is 9.59 Å². The van der Waals surface area contributed by atoms with E-state index >= 15 is 0 Å². The SMILES string of the molecule is NC(=O)C1[CH]C(NC(=O)c2ccc(-n3ccccc3=O)cc2)CN1C(=O)C1CC1. The molecule has 1 aromatic carbocycles. The zero-order chi connectivity index (χ0) is 20.5. The normalized spacial score (nSPS) is 21.0. The number of primary amides is 1. The largest absolute Gasteiger partial charge is 0.368 e. The second kappa shape index (κ2) is 7.54. The van der Waals surface area contributed by atoms with Crippen molar-refractivity contribution >= 4 is 17.7 Å². The van der Waals surface area contributed by atoms with Gasteiger partial charge in [0.25, 0.3) is 11.5 Å². The number of carbonyl (C=O) groups excluding carboxylic acids is 3. The first-order valence-corrected chi connectivity index (χ1v) is 9.48. The molecule has 2 heterocycles. The Morgan fingerprint density at radius 2 is 1.76 bits per heavy atom. The quantitative estimate of drug-likeness (QED) is 0.758. The van der Waals surface area contributed by atoms with Crippen LogP contribution >= 0.6 is 0 Å². The number of nitrogens with zero attached hydrogens (tertiary/aromatic N) is 2. The standard InChI is InChI=1S/C21H21N4O4/c22-19(27)17-11-15(12-25(17)21(29)14-4-5-14)23-20(28)13-6-8-16(9-7-13)24-10-2-1-3-18(24)26/h1-3,6-11,14-15,17H,4-5,12H2,(H2,22,27)(H,23,28). The van der Waals surface area contributed by atoms with E-state index in [9.17, 15) is 19.2 Å². The first-order chi connectivity index (χ1) is 13.9. The molecule has 1 saturated carbocycles. The summed E-state index contributed by atoms with van der Waals surface area (Å²) in [5.41, 5.74) is 6.33. The summed E-state index contributed by atoms with van der Waals surface area (Å²) in [4.78, 5) is 50.0. The van der Waals surface area contributed by atoms with Crippen LogP contribution in [0.3, 0.4) is 0 Å². The first kappa shape index (κ1) is 18.9. The molecule has 2 atom stereocenters. The summed E-state index contributed by atoms with van der Waals surface area (Å²) >= 11 is 0. The van der Waals surface area contributed by atoms with Gasteiger partial charge in [-0.25, -0.2) is 0 Å². The maximum absolute atomic E-state index is 12.6. The lowest BCUT2D eigenvalue weighted by atomic mass is 10.1. The fourth-order valence-electron chi connectivity index (χ4n) is 3.51. The Morgan fingerprint density at radius 1 is 1.03 bits per heavy atom. The van der Waals surface area contributed by atoms with Gasteiger partial charge in [-0.1, -0.05) is 6.07 Å². The summed E-state index contributed by atoms with van der Waals surface area (Å²) in [6.45, 7) is 0.228. The van der Waals surface area contributed by atoms with Gasteiger partial charge < -0.3 is 16.0 Å². The van der Waals surface area contributed by atoms with Crippen molar-refractivity contribution < 1.29 is 14.4 Å². The average molecular weight is 393 g/mol. The molecule has 1 aromatic heterocycles. The van der Waals surface area contributed by atoms with Crippen molar-refractivity contribution in [2.24, 2.45) is 11.7 Å². The third-order valence-electron chi connectivity index (χ3n) is 5.19. The van der Waals surface area contributed by atoms with Crippen LogP contribution in [0.4, 0.5) is 0 Å². The minimum atomic E-state index is -0.805. The van der Waals surface area contributed by atoms with E-state index < -0.39 is 18.0 Å². The topological polar surface area (TPSA) is 114 Å². The smallest absolute Gasteiger partial charge is 0.255 e. The van der Waals surface area contributed by atoms with Crippen molar-refractivity contribution in [3.8, 4) is 5.69 Å². The van der Waals surface area contributed by atoms with Gasteiger partial charge in [0.2, 0.25) is 11.8 Å². The molecule has 3 amide bonds. The predicted octanol–water partition coefficient (Wildman–Crippen LogP) is 0.246. The molecule has 8 heteroatoms. The summed E-state index contributed by atoms with van der Waals surface area (Å²) in [5, 5.41) is 2.83. The first-order valence-electron chi connectivity index (χ1n) is 9.48. The summed E-state index contributed by atoms with van der Waals surface area (Å²) in [7, 11) is 0. The minimum Gasteiger partial charge on any atom is -0.368 e. The maximum atomic E-state index is 12.6. The Hall–Kier alpha value is -3.42. The van der Waals surface area contributed by atoms with Crippen LogP contribution in [-0.4, -0.2) is 45.8 Å². The monoisotopic (exact) mass is 393 g/mol. The number of hydrogen-bond donors (Lipinski definition) is 2. The van der Waals surface area contributed by atoms with Crippen molar-refractivity contribution in [1.29, 1.82) is 0 Å². The van der Waals surface area contributed by atoms with E-state index in [1.165, 1.54) is 15.5 Å². The third-order valence-corrected chi connectivity index (χ3v) is 5.19. The van der Waals surface area contributed by atoms with Gasteiger partial charge in [0.15, 0.2) is 0 Å². The van der Waals surface area contributed by atoms with E-state index in [-0.39, 0.29) is 29.8 Å². The number of nitrogens with two attached hydrogens (primary N) is 1. The number of amides is 3. The highest BCUT2D eigenvalue weighted by Crippen LogP contribution is 2.33. The summed E-state index contributed by atoms with van der Waals surface area (Å²) in [5.74, 6) is -1.05. The molecule has 2 aromatic rings. The molecule has 1 saturated heterocycles. The molecule has 0 spiro atoms.